The smallest absolute Gasteiger partial charge is 0.168 e. The van der Waals surface area contributed by atoms with Crippen LogP contribution in [0.3, 0.4) is 0 Å². The van der Waals surface area contributed by atoms with Gasteiger partial charge in [-0.1, -0.05) is 0 Å². The molecule has 1 fully saturated rings. The van der Waals surface area contributed by atoms with Crippen molar-refractivity contribution in [1.29, 1.82) is 0 Å². The summed E-state index contributed by atoms with van der Waals surface area (Å²) in [7, 11) is 1.67. The Hall–Kier alpha value is -0.350. The van der Waals surface area contributed by atoms with Gasteiger partial charge in [-0.25, -0.2) is 0 Å². The van der Waals surface area contributed by atoms with Gasteiger partial charge in [-0.05, 0) is 12.2 Å². The Kier molecular flexibility index (Phi) is 2.24. The van der Waals surface area contributed by atoms with Gasteiger partial charge >= 0.3 is 0 Å². The largest absolute Gasteiger partial charge is 0.363 e. The maximum atomic E-state index is 5.02. The second kappa shape index (κ2) is 2.98. The van der Waals surface area contributed by atoms with E-state index in [1.54, 1.807) is 7.11 Å². The van der Waals surface area contributed by atoms with Crippen molar-refractivity contribution < 1.29 is 4.74 Å². The number of hydrogen-bond acceptors (Lipinski definition) is 2. The summed E-state index contributed by atoms with van der Waals surface area (Å²) in [4.78, 5) is 0. The van der Waals surface area contributed by atoms with E-state index in [0.717, 1.165) is 13.0 Å². The molecule has 1 aliphatic heterocycles. The lowest BCUT2D eigenvalue weighted by molar-refractivity contribution is 0.0783. The van der Waals surface area contributed by atoms with Crippen LogP contribution < -0.4 is 10.6 Å². The van der Waals surface area contributed by atoms with Crippen molar-refractivity contribution in [1.82, 2.24) is 10.6 Å². The summed E-state index contributed by atoms with van der Waals surface area (Å²) >= 11 is 4.85. The zero-order chi connectivity index (χ0) is 6.69. The standard InChI is InChI=1S/C5H10N2OS/c1-8-4-2-3-6-5(9)7-4/h4H,2-3H2,1H3,(H2,6,7,9). The van der Waals surface area contributed by atoms with Gasteiger partial charge in [0.2, 0.25) is 0 Å². The molecule has 0 aromatic carbocycles. The summed E-state index contributed by atoms with van der Waals surface area (Å²) in [5.74, 6) is 0. The fraction of sp³-hybridized carbons (Fsp3) is 0.800. The molecule has 0 saturated carbocycles. The molecular weight excluding hydrogens is 136 g/mol. The molecule has 0 aliphatic carbocycles. The van der Waals surface area contributed by atoms with Gasteiger partial charge in [-0.2, -0.15) is 0 Å². The highest BCUT2D eigenvalue weighted by atomic mass is 32.1. The highest BCUT2D eigenvalue weighted by Crippen LogP contribution is 1.95. The van der Waals surface area contributed by atoms with E-state index in [9.17, 15) is 0 Å². The number of hydrogen-bond donors (Lipinski definition) is 2. The SMILES string of the molecule is COC1CCNC(=S)N1. The second-order valence-corrected chi connectivity index (χ2v) is 2.32. The van der Waals surface area contributed by atoms with E-state index < -0.39 is 0 Å². The molecule has 9 heavy (non-hydrogen) atoms. The minimum Gasteiger partial charge on any atom is -0.363 e. The van der Waals surface area contributed by atoms with Crippen LogP contribution in [0.15, 0.2) is 0 Å². The normalized spacial score (nSPS) is 26.8. The van der Waals surface area contributed by atoms with E-state index in [1.165, 1.54) is 0 Å². The van der Waals surface area contributed by atoms with Gasteiger partial charge in [-0.15, -0.1) is 0 Å². The maximum Gasteiger partial charge on any atom is 0.168 e. The molecule has 2 N–H and O–H groups in total. The van der Waals surface area contributed by atoms with E-state index in [-0.39, 0.29) is 6.23 Å². The second-order valence-electron chi connectivity index (χ2n) is 1.91. The van der Waals surface area contributed by atoms with Gasteiger partial charge in [0.25, 0.3) is 0 Å². The van der Waals surface area contributed by atoms with Crippen LogP contribution in [0.25, 0.3) is 0 Å². The van der Waals surface area contributed by atoms with E-state index in [2.05, 4.69) is 10.6 Å². The summed E-state index contributed by atoms with van der Waals surface area (Å²) in [6, 6.07) is 0. The van der Waals surface area contributed by atoms with Crippen LogP contribution in [-0.4, -0.2) is 25.0 Å². The molecule has 0 aromatic rings. The third-order valence-corrected chi connectivity index (χ3v) is 1.53. The van der Waals surface area contributed by atoms with E-state index >= 15 is 0 Å². The first-order valence-corrected chi connectivity index (χ1v) is 3.31. The van der Waals surface area contributed by atoms with Crippen LogP contribution >= 0.6 is 12.2 Å². The van der Waals surface area contributed by atoms with Gasteiger partial charge in [-0.3, -0.25) is 0 Å². The fourth-order valence-corrected chi connectivity index (χ4v) is 0.996. The zero-order valence-corrected chi connectivity index (χ0v) is 6.12. The van der Waals surface area contributed by atoms with E-state index in [0.29, 0.717) is 5.11 Å². The van der Waals surface area contributed by atoms with E-state index in [1.807, 2.05) is 0 Å². The molecule has 0 spiro atoms. The first kappa shape index (κ1) is 6.77. The molecule has 1 aliphatic rings. The molecule has 0 aromatic heterocycles. The van der Waals surface area contributed by atoms with Gasteiger partial charge in [0, 0.05) is 20.1 Å². The van der Waals surface area contributed by atoms with Crippen molar-refractivity contribution in [3.05, 3.63) is 0 Å². The Morgan fingerprint density at radius 1 is 1.78 bits per heavy atom. The van der Waals surface area contributed by atoms with E-state index in [4.69, 9.17) is 17.0 Å². The van der Waals surface area contributed by atoms with Gasteiger partial charge < -0.3 is 15.4 Å². The highest BCUT2D eigenvalue weighted by Gasteiger charge is 2.12. The predicted octanol–water partition coefficient (Wildman–Crippen LogP) is -0.173. The Labute approximate surface area is 59.8 Å². The summed E-state index contributed by atoms with van der Waals surface area (Å²) < 4.78 is 5.02. The molecule has 4 heteroatoms. The molecule has 0 bridgehead atoms. The van der Waals surface area contributed by atoms with Crippen LogP contribution in [-0.2, 0) is 4.74 Å². The van der Waals surface area contributed by atoms with Gasteiger partial charge in [0.15, 0.2) is 5.11 Å². The number of thiocarbonyl (C=S) groups is 1. The zero-order valence-electron chi connectivity index (χ0n) is 5.31. The lowest BCUT2D eigenvalue weighted by Crippen LogP contribution is -2.49. The highest BCUT2D eigenvalue weighted by molar-refractivity contribution is 7.80. The quantitative estimate of drug-likeness (QED) is 0.503. The van der Waals surface area contributed by atoms with Crippen LogP contribution in [0.2, 0.25) is 0 Å². The van der Waals surface area contributed by atoms with Crippen molar-refractivity contribution in [3.8, 4) is 0 Å². The molecular formula is C5H10N2OS. The Balaban J connectivity index is 2.32. The molecule has 52 valence electrons. The van der Waals surface area contributed by atoms with Crippen molar-refractivity contribution in [2.45, 2.75) is 12.6 Å². The molecule has 1 rings (SSSR count). The van der Waals surface area contributed by atoms with Crippen LogP contribution in [0, 0.1) is 0 Å². The van der Waals surface area contributed by atoms with Crippen molar-refractivity contribution in [3.63, 3.8) is 0 Å². The maximum absolute atomic E-state index is 5.02. The average Bonchev–Trinajstić information content (AvgIpc) is 1.88. The van der Waals surface area contributed by atoms with Crippen LogP contribution in [0.5, 0.6) is 0 Å². The lowest BCUT2D eigenvalue weighted by atomic mass is 10.3. The third kappa shape index (κ3) is 1.80. The average molecular weight is 146 g/mol. The third-order valence-electron chi connectivity index (χ3n) is 1.27. The van der Waals surface area contributed by atoms with Crippen molar-refractivity contribution in [2.24, 2.45) is 0 Å². The van der Waals surface area contributed by atoms with Crippen LogP contribution in [0.1, 0.15) is 6.42 Å². The number of rotatable bonds is 1. The monoisotopic (exact) mass is 146 g/mol. The van der Waals surface area contributed by atoms with Gasteiger partial charge in [0.1, 0.15) is 6.23 Å². The first-order valence-electron chi connectivity index (χ1n) is 2.90. The Bertz CT molecular complexity index is 118. The van der Waals surface area contributed by atoms with Crippen LogP contribution in [0.4, 0.5) is 0 Å². The minimum atomic E-state index is 0.110. The molecule has 1 saturated heterocycles. The molecule has 1 atom stereocenters. The number of ether oxygens (including phenoxy) is 1. The predicted molar refractivity (Wildman–Crippen MR) is 39.2 cm³/mol. The summed E-state index contributed by atoms with van der Waals surface area (Å²) in [5, 5.41) is 6.64. The molecule has 1 heterocycles. The molecule has 3 nitrogen and oxygen atoms in total. The number of methoxy groups -OCH3 is 1. The summed E-state index contributed by atoms with van der Waals surface area (Å²) in [5.41, 5.74) is 0. The minimum absolute atomic E-state index is 0.110. The Morgan fingerprint density at radius 2 is 2.56 bits per heavy atom. The molecule has 0 radical (unpaired) electrons. The topological polar surface area (TPSA) is 33.3 Å². The number of nitrogens with one attached hydrogen (secondary N) is 2. The summed E-state index contributed by atoms with van der Waals surface area (Å²) in [6.07, 6.45) is 1.08. The van der Waals surface area contributed by atoms with Crippen molar-refractivity contribution >= 4 is 17.3 Å². The van der Waals surface area contributed by atoms with Gasteiger partial charge in [0.05, 0.1) is 0 Å². The lowest BCUT2D eigenvalue weighted by Gasteiger charge is -2.24. The summed E-state index contributed by atoms with van der Waals surface area (Å²) in [6.45, 7) is 0.907. The fourth-order valence-electron chi connectivity index (χ4n) is 0.763. The first-order chi connectivity index (χ1) is 4.33. The van der Waals surface area contributed by atoms with Crippen molar-refractivity contribution in [2.75, 3.05) is 13.7 Å². The Morgan fingerprint density at radius 3 is 3.00 bits per heavy atom. The molecule has 0 amide bonds. The molecule has 1 unspecified atom stereocenters.